The second-order valence-corrected chi connectivity index (χ2v) is 11.1. The van der Waals surface area contributed by atoms with Gasteiger partial charge in [-0.2, -0.15) is 9.29 Å². The largest absolute Gasteiger partial charge is 0.338 e. The molecule has 1 aliphatic heterocycles. The van der Waals surface area contributed by atoms with Crippen LogP contribution in [0.15, 0.2) is 21.6 Å². The fraction of sp³-hybridized carbons (Fsp3) is 0.636. The van der Waals surface area contributed by atoms with Gasteiger partial charge in [-0.1, -0.05) is 45.0 Å². The van der Waals surface area contributed by atoms with Crippen LogP contribution in [0.3, 0.4) is 0 Å². The molecule has 3 rings (SSSR count). The lowest BCUT2D eigenvalue weighted by atomic mass is 9.85. The fourth-order valence-electron chi connectivity index (χ4n) is 3.99. The molecule has 1 aromatic heterocycles. The molecule has 0 N–H and O–H groups in total. The maximum absolute atomic E-state index is 13.4. The number of aromatic nitrogens is 2. The van der Waals surface area contributed by atoms with Gasteiger partial charge in [0.15, 0.2) is 5.82 Å². The van der Waals surface area contributed by atoms with E-state index in [0.717, 1.165) is 23.1 Å². The number of piperazine rings is 1. The van der Waals surface area contributed by atoms with E-state index < -0.39 is 10.0 Å². The zero-order chi connectivity index (χ0) is 22.3. The molecule has 1 atom stereocenters. The summed E-state index contributed by atoms with van der Waals surface area (Å²) >= 11 is 0. The van der Waals surface area contributed by atoms with Crippen molar-refractivity contribution in [3.8, 4) is 0 Å². The Kier molecular flexibility index (Phi) is 6.41. The highest BCUT2D eigenvalue weighted by Gasteiger charge is 2.34. The van der Waals surface area contributed by atoms with Crippen molar-refractivity contribution in [3.05, 3.63) is 40.5 Å². The topological polar surface area (TPSA) is 79.5 Å². The van der Waals surface area contributed by atoms with E-state index in [2.05, 4.69) is 35.8 Å². The van der Waals surface area contributed by atoms with Crippen molar-refractivity contribution in [3.63, 3.8) is 0 Å². The molecule has 8 heteroatoms. The maximum Gasteiger partial charge on any atom is 0.243 e. The Morgan fingerprint density at radius 3 is 2.13 bits per heavy atom. The van der Waals surface area contributed by atoms with Crippen LogP contribution in [0.4, 0.5) is 0 Å². The van der Waals surface area contributed by atoms with Gasteiger partial charge >= 0.3 is 0 Å². The Hall–Kier alpha value is -1.77. The molecular formula is C22H34N4O3S. The van der Waals surface area contributed by atoms with Gasteiger partial charge in [-0.05, 0) is 42.9 Å². The van der Waals surface area contributed by atoms with Crippen LogP contribution in [0, 0.1) is 13.8 Å². The van der Waals surface area contributed by atoms with E-state index in [0.29, 0.717) is 42.8 Å². The number of benzene rings is 1. The molecule has 0 unspecified atom stereocenters. The molecule has 0 saturated carbocycles. The first-order chi connectivity index (χ1) is 13.9. The summed E-state index contributed by atoms with van der Waals surface area (Å²) in [6.45, 7) is 16.4. The van der Waals surface area contributed by atoms with Crippen molar-refractivity contribution >= 4 is 10.0 Å². The molecule has 0 bridgehead atoms. The van der Waals surface area contributed by atoms with Crippen LogP contribution in [0.5, 0.6) is 0 Å². The van der Waals surface area contributed by atoms with E-state index in [-0.39, 0.29) is 11.5 Å². The fourth-order valence-corrected chi connectivity index (χ4v) is 5.82. The summed E-state index contributed by atoms with van der Waals surface area (Å²) in [5.41, 5.74) is 2.76. The second kappa shape index (κ2) is 8.40. The van der Waals surface area contributed by atoms with E-state index in [4.69, 9.17) is 4.52 Å². The predicted molar refractivity (Wildman–Crippen MR) is 117 cm³/mol. The van der Waals surface area contributed by atoms with E-state index in [9.17, 15) is 8.42 Å². The molecule has 0 spiro atoms. The van der Waals surface area contributed by atoms with E-state index >= 15 is 0 Å². The van der Waals surface area contributed by atoms with Crippen molar-refractivity contribution in [2.45, 2.75) is 71.2 Å². The standard InChI is InChI=1S/C22H34N4O3S/c1-8-19-23-21(29-24-19)17(4)25-9-11-26(12-10-25)30(27,28)20-15(2)13-18(14-16(20)3)22(5,6)7/h13-14,17H,8-12H2,1-7H3/t17-/m1/s1. The average molecular weight is 435 g/mol. The summed E-state index contributed by atoms with van der Waals surface area (Å²) in [5, 5.41) is 3.97. The molecule has 1 aliphatic rings. The van der Waals surface area contributed by atoms with Gasteiger partial charge in [0.05, 0.1) is 10.9 Å². The third-order valence-electron chi connectivity index (χ3n) is 5.90. The molecule has 2 aromatic rings. The highest BCUT2D eigenvalue weighted by molar-refractivity contribution is 7.89. The van der Waals surface area contributed by atoms with Gasteiger partial charge in [-0.3, -0.25) is 4.90 Å². The van der Waals surface area contributed by atoms with Crippen molar-refractivity contribution in [1.29, 1.82) is 0 Å². The molecule has 0 aliphatic carbocycles. The molecule has 166 valence electrons. The van der Waals surface area contributed by atoms with Gasteiger partial charge < -0.3 is 4.52 Å². The quantitative estimate of drug-likeness (QED) is 0.715. The minimum Gasteiger partial charge on any atom is -0.338 e. The molecule has 1 saturated heterocycles. The van der Waals surface area contributed by atoms with E-state index in [1.54, 1.807) is 4.31 Å². The Balaban J connectivity index is 1.76. The van der Waals surface area contributed by atoms with E-state index in [1.807, 2.05) is 39.8 Å². The third-order valence-corrected chi connectivity index (χ3v) is 8.11. The van der Waals surface area contributed by atoms with Crippen LogP contribution in [-0.2, 0) is 21.9 Å². The lowest BCUT2D eigenvalue weighted by Crippen LogP contribution is -2.49. The highest BCUT2D eigenvalue weighted by atomic mass is 32.2. The molecule has 1 fully saturated rings. The van der Waals surface area contributed by atoms with Crippen molar-refractivity contribution < 1.29 is 12.9 Å². The van der Waals surface area contributed by atoms with Crippen molar-refractivity contribution in [2.75, 3.05) is 26.2 Å². The summed E-state index contributed by atoms with van der Waals surface area (Å²) in [5.74, 6) is 1.29. The number of sulfonamides is 1. The Labute approximate surface area is 180 Å². The first kappa shape index (κ1) is 22.9. The first-order valence-corrected chi connectivity index (χ1v) is 12.1. The van der Waals surface area contributed by atoms with Gasteiger partial charge in [0, 0.05) is 32.6 Å². The summed E-state index contributed by atoms with van der Waals surface area (Å²) in [6, 6.07) is 4.00. The zero-order valence-electron chi connectivity index (χ0n) is 19.2. The van der Waals surface area contributed by atoms with Gasteiger partial charge in [-0.15, -0.1) is 0 Å². The van der Waals surface area contributed by atoms with Crippen molar-refractivity contribution in [2.24, 2.45) is 0 Å². The van der Waals surface area contributed by atoms with Gasteiger partial charge in [0.25, 0.3) is 0 Å². The Bertz CT molecular complexity index is 977. The molecule has 0 amide bonds. The highest BCUT2D eigenvalue weighted by Crippen LogP contribution is 2.31. The summed E-state index contributed by atoms with van der Waals surface area (Å²) < 4.78 is 33.9. The summed E-state index contributed by atoms with van der Waals surface area (Å²) in [6.07, 6.45) is 0.731. The van der Waals surface area contributed by atoms with Crippen LogP contribution in [0.1, 0.15) is 69.1 Å². The maximum atomic E-state index is 13.4. The SMILES string of the molecule is CCc1noc([C@@H](C)N2CCN(S(=O)(=O)c3c(C)cc(C(C)(C)C)cc3C)CC2)n1. The van der Waals surface area contributed by atoms with E-state index in [1.165, 1.54) is 0 Å². The number of nitrogens with zero attached hydrogens (tertiary/aromatic N) is 4. The Morgan fingerprint density at radius 1 is 1.10 bits per heavy atom. The summed E-state index contributed by atoms with van der Waals surface area (Å²) in [4.78, 5) is 7.06. The molecule has 30 heavy (non-hydrogen) atoms. The lowest BCUT2D eigenvalue weighted by molar-refractivity contribution is 0.124. The normalized spacial score (nSPS) is 18.0. The van der Waals surface area contributed by atoms with Crippen molar-refractivity contribution in [1.82, 2.24) is 19.3 Å². The van der Waals surface area contributed by atoms with Crippen LogP contribution in [0.2, 0.25) is 0 Å². The van der Waals surface area contributed by atoms with Crippen LogP contribution < -0.4 is 0 Å². The van der Waals surface area contributed by atoms with Gasteiger partial charge in [-0.25, -0.2) is 8.42 Å². The monoisotopic (exact) mass is 434 g/mol. The number of hydrogen-bond acceptors (Lipinski definition) is 6. The number of rotatable bonds is 5. The summed E-state index contributed by atoms with van der Waals surface area (Å²) in [7, 11) is -3.54. The van der Waals surface area contributed by atoms with Crippen LogP contribution in [0.25, 0.3) is 0 Å². The molecular weight excluding hydrogens is 400 g/mol. The lowest BCUT2D eigenvalue weighted by Gasteiger charge is -2.36. The van der Waals surface area contributed by atoms with Gasteiger partial charge in [0.1, 0.15) is 0 Å². The molecule has 1 aromatic carbocycles. The smallest absolute Gasteiger partial charge is 0.243 e. The second-order valence-electron chi connectivity index (χ2n) is 9.21. The first-order valence-electron chi connectivity index (χ1n) is 10.6. The van der Waals surface area contributed by atoms with Gasteiger partial charge in [0.2, 0.25) is 15.9 Å². The Morgan fingerprint density at radius 2 is 1.67 bits per heavy atom. The molecule has 7 nitrogen and oxygen atoms in total. The zero-order valence-corrected chi connectivity index (χ0v) is 20.0. The molecule has 2 heterocycles. The molecule has 0 radical (unpaired) electrons. The number of aryl methyl sites for hydroxylation is 3. The third kappa shape index (κ3) is 4.45. The van der Waals surface area contributed by atoms with Crippen LogP contribution >= 0.6 is 0 Å². The van der Waals surface area contributed by atoms with Crippen LogP contribution in [-0.4, -0.2) is 53.9 Å². The minimum absolute atomic E-state index is 0.0219. The number of hydrogen-bond donors (Lipinski definition) is 0. The predicted octanol–water partition coefficient (Wildman–Crippen LogP) is 3.61. The average Bonchev–Trinajstić information content (AvgIpc) is 3.15. The minimum atomic E-state index is -3.54.